The summed E-state index contributed by atoms with van der Waals surface area (Å²) < 4.78 is 7.45. The second kappa shape index (κ2) is 6.96. The van der Waals surface area contributed by atoms with Crippen molar-refractivity contribution in [3.8, 4) is 0 Å². The summed E-state index contributed by atoms with van der Waals surface area (Å²) in [6, 6.07) is 5.65. The number of carbonyl (C=O) groups is 1. The molecule has 1 aliphatic heterocycles. The number of aromatic nitrogens is 1. The summed E-state index contributed by atoms with van der Waals surface area (Å²) in [5.74, 6) is 0.396. The fourth-order valence-electron chi connectivity index (χ4n) is 2.15. The average molecular weight is 343 g/mol. The molecule has 0 spiro atoms. The molecule has 1 amide bonds. The van der Waals surface area contributed by atoms with Crippen molar-refractivity contribution in [2.24, 2.45) is 0 Å². The van der Waals surface area contributed by atoms with E-state index in [0.29, 0.717) is 17.3 Å². The zero-order valence-corrected chi connectivity index (χ0v) is 13.7. The number of nitrogens with one attached hydrogen (secondary N) is 1. The Kier molecular flexibility index (Phi) is 5.00. The first-order chi connectivity index (χ1) is 10.2. The highest BCUT2D eigenvalue weighted by molar-refractivity contribution is 8.01. The fraction of sp³-hybridized carbons (Fsp3) is 0.429. The van der Waals surface area contributed by atoms with Crippen LogP contribution in [0.5, 0.6) is 0 Å². The van der Waals surface area contributed by atoms with Crippen molar-refractivity contribution in [3.05, 3.63) is 23.2 Å². The lowest BCUT2D eigenvalue weighted by atomic mass is 10.2. The largest absolute Gasteiger partial charge is 0.376 e. The number of thiazole rings is 1. The maximum Gasteiger partial charge on any atom is 0.230 e. The molecule has 1 saturated heterocycles. The number of rotatable bonds is 5. The van der Waals surface area contributed by atoms with Gasteiger partial charge in [-0.15, -0.1) is 11.3 Å². The summed E-state index contributed by atoms with van der Waals surface area (Å²) in [5.41, 5.74) is 0.884. The summed E-state index contributed by atoms with van der Waals surface area (Å²) in [6.07, 6.45) is 2.30. The maximum atomic E-state index is 11.8. The van der Waals surface area contributed by atoms with Crippen LogP contribution < -0.4 is 5.32 Å². The van der Waals surface area contributed by atoms with E-state index in [9.17, 15) is 4.79 Å². The average Bonchev–Trinajstić information content (AvgIpc) is 3.11. The summed E-state index contributed by atoms with van der Waals surface area (Å²) in [5, 5.41) is 3.59. The van der Waals surface area contributed by atoms with Gasteiger partial charge in [0, 0.05) is 18.2 Å². The first-order valence-electron chi connectivity index (χ1n) is 6.78. The van der Waals surface area contributed by atoms with Gasteiger partial charge < -0.3 is 10.1 Å². The van der Waals surface area contributed by atoms with E-state index < -0.39 is 0 Å². The van der Waals surface area contributed by atoms with Gasteiger partial charge in [-0.05, 0) is 31.0 Å². The van der Waals surface area contributed by atoms with Crippen molar-refractivity contribution in [2.75, 3.05) is 18.9 Å². The summed E-state index contributed by atoms with van der Waals surface area (Å²) in [4.78, 5) is 16.3. The molecule has 0 bridgehead atoms. The van der Waals surface area contributed by atoms with E-state index >= 15 is 0 Å². The third-order valence-corrected chi connectivity index (χ3v) is 5.62. The normalized spacial score (nSPS) is 18.2. The predicted octanol–water partition coefficient (Wildman–Crippen LogP) is 3.34. The Morgan fingerprint density at radius 2 is 2.48 bits per heavy atom. The van der Waals surface area contributed by atoms with Crippen molar-refractivity contribution in [1.29, 1.82) is 0 Å². The van der Waals surface area contributed by atoms with Crippen LogP contribution in [0.2, 0.25) is 5.02 Å². The second-order valence-corrected chi connectivity index (χ2v) is 7.51. The molecule has 2 heterocycles. The predicted molar refractivity (Wildman–Crippen MR) is 87.3 cm³/mol. The highest BCUT2D eigenvalue weighted by atomic mass is 35.5. The molecule has 0 saturated carbocycles. The van der Waals surface area contributed by atoms with Gasteiger partial charge in [0.05, 0.1) is 22.1 Å². The Labute approximate surface area is 136 Å². The lowest BCUT2D eigenvalue weighted by Crippen LogP contribution is -2.32. The van der Waals surface area contributed by atoms with E-state index in [-0.39, 0.29) is 12.0 Å². The monoisotopic (exact) mass is 342 g/mol. The van der Waals surface area contributed by atoms with Gasteiger partial charge in [0.1, 0.15) is 0 Å². The van der Waals surface area contributed by atoms with E-state index in [1.54, 1.807) is 11.3 Å². The Bertz CT molecular complexity index is 641. The quantitative estimate of drug-likeness (QED) is 0.847. The minimum atomic E-state index is 0.0211. The van der Waals surface area contributed by atoms with Gasteiger partial charge in [0.15, 0.2) is 4.34 Å². The van der Waals surface area contributed by atoms with Gasteiger partial charge in [-0.1, -0.05) is 23.4 Å². The zero-order valence-electron chi connectivity index (χ0n) is 11.3. The number of hydrogen-bond donors (Lipinski definition) is 1. The van der Waals surface area contributed by atoms with Crippen molar-refractivity contribution in [1.82, 2.24) is 10.3 Å². The van der Waals surface area contributed by atoms with Gasteiger partial charge in [-0.3, -0.25) is 4.79 Å². The maximum absolute atomic E-state index is 11.8. The van der Waals surface area contributed by atoms with E-state index in [0.717, 1.165) is 34.0 Å². The molecule has 21 heavy (non-hydrogen) atoms. The third-order valence-electron chi connectivity index (χ3n) is 3.21. The summed E-state index contributed by atoms with van der Waals surface area (Å²) in [6.45, 7) is 1.42. The number of hydrogen-bond acceptors (Lipinski definition) is 5. The minimum Gasteiger partial charge on any atom is -0.376 e. The number of amides is 1. The minimum absolute atomic E-state index is 0.0211. The number of ether oxygens (including phenoxy) is 1. The van der Waals surface area contributed by atoms with Crippen LogP contribution >= 0.6 is 34.7 Å². The number of nitrogens with zero attached hydrogens (tertiary/aromatic N) is 1. The zero-order chi connectivity index (χ0) is 14.7. The molecule has 1 aromatic carbocycles. The van der Waals surface area contributed by atoms with Crippen molar-refractivity contribution in [2.45, 2.75) is 23.3 Å². The molecule has 3 rings (SSSR count). The first kappa shape index (κ1) is 15.1. The molecule has 1 aliphatic rings. The molecule has 1 aromatic heterocycles. The van der Waals surface area contributed by atoms with Crippen LogP contribution in [0, 0.1) is 0 Å². The lowest BCUT2D eigenvalue weighted by molar-refractivity contribution is -0.119. The summed E-state index contributed by atoms with van der Waals surface area (Å²) >= 11 is 8.97. The molecule has 1 fully saturated rings. The molecular formula is C14H15ClN2O2S2. The molecule has 0 unspecified atom stereocenters. The van der Waals surface area contributed by atoms with Crippen LogP contribution in [0.1, 0.15) is 12.8 Å². The number of thioether (sulfide) groups is 1. The Morgan fingerprint density at radius 3 is 3.29 bits per heavy atom. The molecule has 4 nitrogen and oxygen atoms in total. The molecule has 1 N–H and O–H groups in total. The molecule has 1 atom stereocenters. The van der Waals surface area contributed by atoms with Gasteiger partial charge in [-0.2, -0.15) is 0 Å². The lowest BCUT2D eigenvalue weighted by Gasteiger charge is -2.09. The Morgan fingerprint density at radius 1 is 1.57 bits per heavy atom. The second-order valence-electron chi connectivity index (χ2n) is 4.82. The SMILES string of the molecule is O=C(CSc1nc2cc(Cl)ccc2s1)NC[C@@H]1CCCO1. The Hall–Kier alpha value is -0.820. The van der Waals surface area contributed by atoms with Crippen LogP contribution in [0.25, 0.3) is 10.2 Å². The fourth-order valence-corrected chi connectivity index (χ4v) is 4.20. The van der Waals surface area contributed by atoms with Crippen LogP contribution in [-0.4, -0.2) is 35.9 Å². The van der Waals surface area contributed by atoms with Crippen LogP contribution in [0.4, 0.5) is 0 Å². The number of carbonyl (C=O) groups excluding carboxylic acids is 1. The molecule has 7 heteroatoms. The van der Waals surface area contributed by atoms with E-state index in [1.807, 2.05) is 18.2 Å². The Balaban J connectivity index is 1.49. The van der Waals surface area contributed by atoms with E-state index in [1.165, 1.54) is 11.8 Å². The number of fused-ring (bicyclic) bond motifs is 1. The highest BCUT2D eigenvalue weighted by Crippen LogP contribution is 2.30. The van der Waals surface area contributed by atoms with Gasteiger partial charge in [-0.25, -0.2) is 4.98 Å². The number of benzene rings is 1. The number of halogens is 1. The smallest absolute Gasteiger partial charge is 0.230 e. The van der Waals surface area contributed by atoms with E-state index in [4.69, 9.17) is 16.3 Å². The van der Waals surface area contributed by atoms with Crippen molar-refractivity contribution >= 4 is 50.8 Å². The summed E-state index contributed by atoms with van der Waals surface area (Å²) in [7, 11) is 0. The molecule has 112 valence electrons. The van der Waals surface area contributed by atoms with Crippen molar-refractivity contribution in [3.63, 3.8) is 0 Å². The molecule has 2 aromatic rings. The van der Waals surface area contributed by atoms with Gasteiger partial charge in [0.25, 0.3) is 0 Å². The van der Waals surface area contributed by atoms with E-state index in [2.05, 4.69) is 10.3 Å². The van der Waals surface area contributed by atoms with Crippen LogP contribution in [0.15, 0.2) is 22.5 Å². The van der Waals surface area contributed by atoms with Crippen molar-refractivity contribution < 1.29 is 9.53 Å². The van der Waals surface area contributed by atoms with Crippen LogP contribution in [-0.2, 0) is 9.53 Å². The third kappa shape index (κ3) is 4.10. The molecule has 0 aliphatic carbocycles. The van der Waals surface area contributed by atoms with Gasteiger partial charge in [0.2, 0.25) is 5.91 Å². The standard InChI is InChI=1S/C14H15ClN2O2S2/c15-9-3-4-12-11(6-9)17-14(21-12)20-8-13(18)16-7-10-2-1-5-19-10/h3-4,6,10H,1-2,5,7-8H2,(H,16,18)/t10-/m0/s1. The first-order valence-corrected chi connectivity index (χ1v) is 8.96. The van der Waals surface area contributed by atoms with Crippen LogP contribution in [0.3, 0.4) is 0 Å². The van der Waals surface area contributed by atoms with Gasteiger partial charge >= 0.3 is 0 Å². The molecule has 0 radical (unpaired) electrons. The topological polar surface area (TPSA) is 51.2 Å². The highest BCUT2D eigenvalue weighted by Gasteiger charge is 2.16. The molecular weight excluding hydrogens is 328 g/mol.